The second-order valence-electron chi connectivity index (χ2n) is 8.74. The van der Waals surface area contributed by atoms with E-state index in [2.05, 4.69) is 35.1 Å². The van der Waals surface area contributed by atoms with Gasteiger partial charge in [-0.1, -0.05) is 0 Å². The minimum atomic E-state index is -0.370. The van der Waals surface area contributed by atoms with Gasteiger partial charge in [-0.05, 0) is 44.9 Å². The first-order valence-electron chi connectivity index (χ1n) is 10.2. The van der Waals surface area contributed by atoms with Crippen molar-refractivity contribution in [2.45, 2.75) is 51.4 Å². The molecule has 30 heavy (non-hydrogen) atoms. The zero-order valence-corrected chi connectivity index (χ0v) is 16.8. The van der Waals surface area contributed by atoms with Gasteiger partial charge in [-0.3, -0.25) is 14.8 Å². The Morgan fingerprint density at radius 2 is 2.10 bits per heavy atom. The van der Waals surface area contributed by atoms with E-state index >= 15 is 0 Å². The molecule has 4 aromatic rings. The van der Waals surface area contributed by atoms with Gasteiger partial charge in [-0.2, -0.15) is 10.2 Å². The van der Waals surface area contributed by atoms with Gasteiger partial charge in [0, 0.05) is 28.1 Å². The molecule has 0 spiro atoms. The van der Waals surface area contributed by atoms with Crippen LogP contribution < -0.4 is 0 Å². The minimum absolute atomic E-state index is 0.313. The normalized spacial score (nSPS) is 18.0. The van der Waals surface area contributed by atoms with Crippen molar-refractivity contribution in [2.75, 3.05) is 0 Å². The molecule has 0 amide bonds. The van der Waals surface area contributed by atoms with Crippen LogP contribution in [-0.2, 0) is 17.9 Å². The first-order chi connectivity index (χ1) is 14.5. The standard InChI is InChI=1S/C22H21FN6O/c1-22(2)11-29-18(10-30-22)19(20(28-29)16-6-5-13(23)8-24-16)14-7-17(12-3-4-12)26-21-15(14)9-25-27-21/h5-9,12H,3-4,10-11H2,1-2H3,(H,25,26,27). The highest BCUT2D eigenvalue weighted by atomic mass is 19.1. The highest BCUT2D eigenvalue weighted by Gasteiger charge is 2.33. The van der Waals surface area contributed by atoms with E-state index in [4.69, 9.17) is 14.8 Å². The summed E-state index contributed by atoms with van der Waals surface area (Å²) in [5.41, 5.74) is 5.84. The summed E-state index contributed by atoms with van der Waals surface area (Å²) in [5, 5.41) is 13.1. The molecule has 0 unspecified atom stereocenters. The number of H-pyrrole nitrogens is 1. The second kappa shape index (κ2) is 6.18. The third kappa shape index (κ3) is 2.82. The molecule has 7 nitrogen and oxygen atoms in total. The SMILES string of the molecule is CC1(C)Cn2nc(-c3ccc(F)cn3)c(-c3cc(C4CC4)nc4[nH]ncc34)c2CO1. The van der Waals surface area contributed by atoms with E-state index in [0.717, 1.165) is 52.1 Å². The Bertz CT molecular complexity index is 1270. The Morgan fingerprint density at radius 1 is 1.23 bits per heavy atom. The number of nitrogens with one attached hydrogen (secondary N) is 1. The van der Waals surface area contributed by atoms with Crippen molar-refractivity contribution >= 4 is 11.0 Å². The number of aromatic amines is 1. The van der Waals surface area contributed by atoms with Gasteiger partial charge >= 0.3 is 0 Å². The summed E-state index contributed by atoms with van der Waals surface area (Å²) in [6.07, 6.45) is 5.34. The average Bonchev–Trinajstić information content (AvgIpc) is 3.35. The molecule has 5 heterocycles. The molecule has 1 N–H and O–H groups in total. The Balaban J connectivity index is 1.63. The van der Waals surface area contributed by atoms with Crippen molar-refractivity contribution < 1.29 is 9.13 Å². The van der Waals surface area contributed by atoms with Crippen molar-refractivity contribution in [2.24, 2.45) is 0 Å². The predicted octanol–water partition coefficient (Wildman–Crippen LogP) is 4.21. The lowest BCUT2D eigenvalue weighted by molar-refractivity contribution is -0.0657. The van der Waals surface area contributed by atoms with Crippen LogP contribution in [0.15, 0.2) is 30.6 Å². The number of fused-ring (bicyclic) bond motifs is 2. The van der Waals surface area contributed by atoms with Crippen LogP contribution >= 0.6 is 0 Å². The molecule has 0 aromatic carbocycles. The zero-order chi connectivity index (χ0) is 20.5. The molecular formula is C22H21FN6O. The Labute approximate surface area is 172 Å². The maximum atomic E-state index is 13.5. The number of pyridine rings is 2. The van der Waals surface area contributed by atoms with Crippen molar-refractivity contribution in [1.29, 1.82) is 0 Å². The molecule has 1 fully saturated rings. The molecule has 0 atom stereocenters. The topological polar surface area (TPSA) is 81.5 Å². The minimum Gasteiger partial charge on any atom is -0.367 e. The first kappa shape index (κ1) is 17.7. The fraction of sp³-hybridized carbons (Fsp3) is 0.364. The van der Waals surface area contributed by atoms with Gasteiger partial charge in [0.05, 0.1) is 42.5 Å². The Kier molecular flexibility index (Phi) is 3.65. The number of hydrogen-bond acceptors (Lipinski definition) is 5. The lowest BCUT2D eigenvalue weighted by Crippen LogP contribution is -2.36. The highest BCUT2D eigenvalue weighted by molar-refractivity contribution is 5.97. The number of aromatic nitrogens is 6. The van der Waals surface area contributed by atoms with E-state index in [1.165, 1.54) is 12.3 Å². The van der Waals surface area contributed by atoms with Gasteiger partial charge < -0.3 is 4.74 Å². The van der Waals surface area contributed by atoms with E-state index in [0.29, 0.717) is 24.8 Å². The number of nitrogens with zero attached hydrogens (tertiary/aromatic N) is 5. The number of hydrogen-bond donors (Lipinski definition) is 1. The van der Waals surface area contributed by atoms with Crippen molar-refractivity contribution in [3.63, 3.8) is 0 Å². The molecule has 152 valence electrons. The summed E-state index contributed by atoms with van der Waals surface area (Å²) in [4.78, 5) is 9.10. The van der Waals surface area contributed by atoms with E-state index in [1.807, 2.05) is 4.68 Å². The van der Waals surface area contributed by atoms with Crippen molar-refractivity contribution in [3.8, 4) is 22.5 Å². The molecule has 1 saturated carbocycles. The first-order valence-corrected chi connectivity index (χ1v) is 10.2. The highest BCUT2D eigenvalue weighted by Crippen LogP contribution is 2.44. The largest absolute Gasteiger partial charge is 0.367 e. The summed E-state index contributed by atoms with van der Waals surface area (Å²) in [6.45, 7) is 5.18. The molecule has 8 heteroatoms. The summed E-state index contributed by atoms with van der Waals surface area (Å²) in [6, 6.07) is 5.25. The Morgan fingerprint density at radius 3 is 2.87 bits per heavy atom. The number of rotatable bonds is 3. The van der Waals surface area contributed by atoms with E-state index < -0.39 is 0 Å². The van der Waals surface area contributed by atoms with Crippen molar-refractivity contribution in [3.05, 3.63) is 47.8 Å². The average molecular weight is 404 g/mol. The van der Waals surface area contributed by atoms with Gasteiger partial charge in [0.1, 0.15) is 11.5 Å². The van der Waals surface area contributed by atoms with E-state index in [-0.39, 0.29) is 11.4 Å². The third-order valence-corrected chi connectivity index (χ3v) is 5.87. The van der Waals surface area contributed by atoms with Crippen LogP contribution in [0.3, 0.4) is 0 Å². The van der Waals surface area contributed by atoms with Crippen LogP contribution in [0.25, 0.3) is 33.5 Å². The monoisotopic (exact) mass is 404 g/mol. The Hall–Kier alpha value is -3.13. The summed E-state index contributed by atoms with van der Waals surface area (Å²) in [7, 11) is 0. The van der Waals surface area contributed by atoms with Crippen LogP contribution in [0.1, 0.15) is 44.0 Å². The van der Waals surface area contributed by atoms with Gasteiger partial charge in [-0.15, -0.1) is 0 Å². The number of halogens is 1. The van der Waals surface area contributed by atoms with Gasteiger partial charge in [-0.25, -0.2) is 9.37 Å². The van der Waals surface area contributed by atoms with Crippen LogP contribution in [0.5, 0.6) is 0 Å². The summed E-state index contributed by atoms with van der Waals surface area (Å²) >= 11 is 0. The number of ether oxygens (including phenoxy) is 1. The fourth-order valence-corrected chi connectivity index (χ4v) is 4.17. The molecule has 1 aliphatic heterocycles. The van der Waals surface area contributed by atoms with Gasteiger partial charge in [0.2, 0.25) is 0 Å². The van der Waals surface area contributed by atoms with E-state index in [9.17, 15) is 4.39 Å². The molecule has 1 aliphatic carbocycles. The second-order valence-corrected chi connectivity index (χ2v) is 8.74. The lowest BCUT2D eigenvalue weighted by Gasteiger charge is -2.31. The van der Waals surface area contributed by atoms with Crippen LogP contribution in [0.4, 0.5) is 4.39 Å². The molecule has 0 radical (unpaired) electrons. The van der Waals surface area contributed by atoms with Crippen LogP contribution in [0, 0.1) is 5.82 Å². The third-order valence-electron chi connectivity index (χ3n) is 5.87. The molecule has 2 aliphatic rings. The molecule has 0 saturated heterocycles. The smallest absolute Gasteiger partial charge is 0.156 e. The maximum Gasteiger partial charge on any atom is 0.156 e. The van der Waals surface area contributed by atoms with Gasteiger partial charge in [0.15, 0.2) is 5.65 Å². The summed E-state index contributed by atoms with van der Waals surface area (Å²) in [5.74, 6) is 0.122. The molecule has 4 aromatic heterocycles. The molecule has 6 rings (SSSR count). The summed E-state index contributed by atoms with van der Waals surface area (Å²) < 4.78 is 21.7. The quantitative estimate of drug-likeness (QED) is 0.553. The lowest BCUT2D eigenvalue weighted by atomic mass is 9.97. The predicted molar refractivity (Wildman–Crippen MR) is 109 cm³/mol. The maximum absolute atomic E-state index is 13.5. The van der Waals surface area contributed by atoms with Crippen molar-refractivity contribution in [1.82, 2.24) is 29.9 Å². The van der Waals surface area contributed by atoms with Crippen LogP contribution in [0.2, 0.25) is 0 Å². The van der Waals surface area contributed by atoms with Gasteiger partial charge in [0.25, 0.3) is 0 Å². The zero-order valence-electron chi connectivity index (χ0n) is 16.8. The fourth-order valence-electron chi connectivity index (χ4n) is 4.17. The molecule has 0 bridgehead atoms. The van der Waals surface area contributed by atoms with E-state index in [1.54, 1.807) is 12.3 Å². The van der Waals surface area contributed by atoms with Crippen LogP contribution in [-0.4, -0.2) is 35.5 Å². The molecular weight excluding hydrogens is 383 g/mol.